The van der Waals surface area contributed by atoms with Crippen LogP contribution >= 0.6 is 0 Å². The summed E-state index contributed by atoms with van der Waals surface area (Å²) in [6.07, 6.45) is -7.47. The van der Waals surface area contributed by atoms with Gasteiger partial charge in [0.2, 0.25) is 0 Å². The van der Waals surface area contributed by atoms with Crippen LogP contribution in [0.1, 0.15) is 6.23 Å². The molecule has 0 saturated carbocycles. The van der Waals surface area contributed by atoms with Crippen molar-refractivity contribution in [1.82, 2.24) is 9.55 Å². The van der Waals surface area contributed by atoms with E-state index in [1.807, 2.05) is 0 Å². The van der Waals surface area contributed by atoms with Gasteiger partial charge in [0.25, 0.3) is 0 Å². The average Bonchev–Trinajstić information content (AvgIpc) is 2.37. The monoisotopic (exact) mass is 287 g/mol. The van der Waals surface area contributed by atoms with Crippen LogP contribution in [-0.4, -0.2) is 60.4 Å². The van der Waals surface area contributed by atoms with Gasteiger partial charge in [-0.3, -0.25) is 4.57 Å². The smallest absolute Gasteiger partial charge is 0.351 e. The lowest BCUT2D eigenvalue weighted by Crippen LogP contribution is -2.58. The van der Waals surface area contributed by atoms with Gasteiger partial charge < -0.3 is 30.9 Å². The molecule has 6 N–H and O–H groups in total. The van der Waals surface area contributed by atoms with Gasteiger partial charge in [-0.25, -0.2) is 9.59 Å². The average molecular weight is 287 g/mol. The predicted molar refractivity (Wildman–Crippen MR) is 62.5 cm³/mol. The Labute approximate surface area is 111 Å². The molecule has 1 aliphatic rings. The molecule has 0 spiro atoms. The number of hydrogen-bond donors (Lipinski definition) is 5. The molecule has 2 rings (SSSR count). The van der Waals surface area contributed by atoms with Crippen molar-refractivity contribution in [1.29, 1.82) is 0 Å². The number of carboxylic acid groups (broad SMARTS) is 1. The van der Waals surface area contributed by atoms with E-state index < -0.39 is 42.3 Å². The molecule has 0 aliphatic carbocycles. The third-order valence-electron chi connectivity index (χ3n) is 2.96. The Morgan fingerprint density at radius 1 is 1.30 bits per heavy atom. The Morgan fingerprint density at radius 3 is 2.50 bits per heavy atom. The molecule has 1 fully saturated rings. The lowest BCUT2D eigenvalue weighted by Gasteiger charge is -2.39. The van der Waals surface area contributed by atoms with Gasteiger partial charge in [0.05, 0.1) is 0 Å². The first-order chi connectivity index (χ1) is 9.32. The summed E-state index contributed by atoms with van der Waals surface area (Å²) in [5.74, 6) is -1.60. The van der Waals surface area contributed by atoms with Crippen molar-refractivity contribution in [3.63, 3.8) is 0 Å². The molecule has 0 bridgehead atoms. The van der Waals surface area contributed by atoms with Crippen molar-refractivity contribution in [3.05, 3.63) is 22.7 Å². The zero-order valence-electron chi connectivity index (χ0n) is 10.0. The van der Waals surface area contributed by atoms with Crippen molar-refractivity contribution < 1.29 is 30.0 Å². The van der Waals surface area contributed by atoms with E-state index in [1.165, 1.54) is 6.07 Å². The first-order valence-electron chi connectivity index (χ1n) is 5.60. The standard InChI is InChI=1S/C10H13N3O7/c11-3-1-2-13(10(19)12-3)8-6(16)4(14)5(15)7(20-8)9(17)18/h1-2,4-8,14-16H,(H,17,18)(H2,11,12,19)/t4-,5-,6+,7-,8+/m0/s1. The molecule has 1 aliphatic heterocycles. The Kier molecular flexibility index (Phi) is 3.72. The summed E-state index contributed by atoms with van der Waals surface area (Å²) in [5.41, 5.74) is 4.42. The number of carbonyl (C=O) groups is 1. The fraction of sp³-hybridized carbons (Fsp3) is 0.500. The third kappa shape index (κ3) is 2.36. The van der Waals surface area contributed by atoms with Gasteiger partial charge in [0.1, 0.15) is 24.1 Å². The molecule has 10 heteroatoms. The minimum atomic E-state index is -1.82. The summed E-state index contributed by atoms with van der Waals surface area (Å²) >= 11 is 0. The quantitative estimate of drug-likeness (QED) is 0.378. The molecule has 10 nitrogen and oxygen atoms in total. The van der Waals surface area contributed by atoms with Gasteiger partial charge in [-0.1, -0.05) is 0 Å². The highest BCUT2D eigenvalue weighted by atomic mass is 16.6. The SMILES string of the molecule is Nc1ccn([C@@H]2O[C@H](C(=O)O)[C@@H](O)[C@H](O)[C@H]2O)c(=O)n1. The minimum Gasteiger partial charge on any atom is -0.479 e. The van der Waals surface area contributed by atoms with Crippen molar-refractivity contribution in [3.8, 4) is 0 Å². The summed E-state index contributed by atoms with van der Waals surface area (Å²) < 4.78 is 5.76. The molecule has 0 aromatic carbocycles. The van der Waals surface area contributed by atoms with Gasteiger partial charge in [0, 0.05) is 6.20 Å². The van der Waals surface area contributed by atoms with Crippen LogP contribution in [0.4, 0.5) is 5.82 Å². The number of aliphatic hydroxyl groups is 3. The Balaban J connectivity index is 2.39. The number of rotatable bonds is 2. The predicted octanol–water partition coefficient (Wildman–Crippen LogP) is -3.11. The first kappa shape index (κ1) is 14.4. The second-order valence-electron chi connectivity index (χ2n) is 4.30. The number of nitrogens with two attached hydrogens (primary N) is 1. The van der Waals surface area contributed by atoms with Gasteiger partial charge in [0.15, 0.2) is 12.3 Å². The summed E-state index contributed by atoms with van der Waals surface area (Å²) in [4.78, 5) is 26.0. The molecule has 1 aromatic heterocycles. The second kappa shape index (κ2) is 5.17. The van der Waals surface area contributed by atoms with Gasteiger partial charge in [-0.15, -0.1) is 0 Å². The van der Waals surface area contributed by atoms with Crippen LogP contribution < -0.4 is 11.4 Å². The summed E-state index contributed by atoms with van der Waals surface area (Å²) in [6.45, 7) is 0. The largest absolute Gasteiger partial charge is 0.479 e. The van der Waals surface area contributed by atoms with E-state index in [1.54, 1.807) is 0 Å². The maximum Gasteiger partial charge on any atom is 0.351 e. The van der Waals surface area contributed by atoms with Crippen LogP contribution in [-0.2, 0) is 9.53 Å². The Morgan fingerprint density at radius 2 is 1.95 bits per heavy atom. The van der Waals surface area contributed by atoms with Crippen LogP contribution in [0.3, 0.4) is 0 Å². The van der Waals surface area contributed by atoms with E-state index >= 15 is 0 Å². The van der Waals surface area contributed by atoms with Gasteiger partial charge in [-0.05, 0) is 6.07 Å². The highest BCUT2D eigenvalue weighted by Crippen LogP contribution is 2.27. The number of aromatic nitrogens is 2. The van der Waals surface area contributed by atoms with Gasteiger partial charge >= 0.3 is 11.7 Å². The zero-order chi connectivity index (χ0) is 15.0. The highest BCUT2D eigenvalue weighted by molar-refractivity contribution is 5.73. The molecule has 2 heterocycles. The highest BCUT2D eigenvalue weighted by Gasteiger charge is 2.47. The number of aliphatic hydroxyl groups excluding tert-OH is 3. The van der Waals surface area contributed by atoms with E-state index in [2.05, 4.69) is 4.98 Å². The van der Waals surface area contributed by atoms with Crippen molar-refractivity contribution in [2.45, 2.75) is 30.6 Å². The molecule has 1 saturated heterocycles. The molecule has 0 amide bonds. The zero-order valence-corrected chi connectivity index (χ0v) is 10.0. The van der Waals surface area contributed by atoms with Crippen LogP contribution in [0.5, 0.6) is 0 Å². The van der Waals surface area contributed by atoms with Crippen molar-refractivity contribution >= 4 is 11.8 Å². The van der Waals surface area contributed by atoms with E-state index in [0.717, 1.165) is 10.8 Å². The van der Waals surface area contributed by atoms with Crippen LogP contribution in [0.2, 0.25) is 0 Å². The van der Waals surface area contributed by atoms with E-state index in [0.29, 0.717) is 0 Å². The fourth-order valence-corrected chi connectivity index (χ4v) is 1.91. The Bertz CT molecular complexity index is 574. The van der Waals surface area contributed by atoms with E-state index in [4.69, 9.17) is 15.6 Å². The fourth-order valence-electron chi connectivity index (χ4n) is 1.91. The van der Waals surface area contributed by atoms with Crippen LogP contribution in [0.15, 0.2) is 17.1 Å². The summed E-state index contributed by atoms with van der Waals surface area (Å²) in [6, 6.07) is 1.24. The van der Waals surface area contributed by atoms with Crippen LogP contribution in [0, 0.1) is 0 Å². The van der Waals surface area contributed by atoms with E-state index in [-0.39, 0.29) is 5.82 Å². The normalized spacial score (nSPS) is 33.9. The molecule has 1 aromatic rings. The van der Waals surface area contributed by atoms with Crippen LogP contribution in [0.25, 0.3) is 0 Å². The molecule has 110 valence electrons. The first-order valence-corrected chi connectivity index (χ1v) is 5.60. The number of anilines is 1. The molecule has 20 heavy (non-hydrogen) atoms. The molecular formula is C10H13N3O7. The Hall–Kier alpha value is -2.01. The maximum absolute atomic E-state index is 11.6. The summed E-state index contributed by atoms with van der Waals surface area (Å²) in [5, 5.41) is 37.9. The number of carboxylic acids is 1. The molecular weight excluding hydrogens is 274 g/mol. The summed E-state index contributed by atoms with van der Waals surface area (Å²) in [7, 11) is 0. The minimum absolute atomic E-state index is 0.0630. The lowest BCUT2D eigenvalue weighted by atomic mass is 9.98. The van der Waals surface area contributed by atoms with Crippen molar-refractivity contribution in [2.24, 2.45) is 0 Å². The van der Waals surface area contributed by atoms with E-state index in [9.17, 15) is 24.9 Å². The van der Waals surface area contributed by atoms with Gasteiger partial charge in [-0.2, -0.15) is 4.98 Å². The number of nitrogen functional groups attached to an aromatic ring is 1. The maximum atomic E-state index is 11.6. The van der Waals surface area contributed by atoms with Crippen molar-refractivity contribution in [2.75, 3.05) is 5.73 Å². The number of nitrogens with zero attached hydrogens (tertiary/aromatic N) is 2. The topological polar surface area (TPSA) is 168 Å². The third-order valence-corrected chi connectivity index (χ3v) is 2.96. The lowest BCUT2D eigenvalue weighted by molar-refractivity contribution is -0.247. The molecule has 0 radical (unpaired) electrons. The molecule has 5 atom stereocenters. The number of aliphatic carboxylic acids is 1. The molecule has 0 unspecified atom stereocenters. The second-order valence-corrected chi connectivity index (χ2v) is 4.30. The number of hydrogen-bond acceptors (Lipinski definition) is 8. The number of ether oxygens (including phenoxy) is 1.